The van der Waals surface area contributed by atoms with Gasteiger partial charge in [-0.05, 0) is 60.4 Å². The molecule has 0 fully saturated rings. The van der Waals surface area contributed by atoms with Gasteiger partial charge in [-0.25, -0.2) is 13.2 Å². The molecule has 7 nitrogen and oxygen atoms in total. The molecule has 0 radical (unpaired) electrons. The van der Waals surface area contributed by atoms with Crippen LogP contribution >= 0.6 is 0 Å². The van der Waals surface area contributed by atoms with Gasteiger partial charge in [-0.3, -0.25) is 4.72 Å². The monoisotopic (exact) mass is 478 g/mol. The molecule has 0 aliphatic rings. The number of ether oxygens (including phenoxy) is 2. The molecule has 1 N–H and O–H groups in total. The Kier molecular flexibility index (Phi) is 8.28. The third-order valence-corrected chi connectivity index (χ3v) is 6.56. The van der Waals surface area contributed by atoms with Crippen LogP contribution in [0.3, 0.4) is 0 Å². The van der Waals surface area contributed by atoms with Gasteiger partial charge in [0, 0.05) is 0 Å². The Bertz CT molecular complexity index is 1270. The van der Waals surface area contributed by atoms with Crippen molar-refractivity contribution in [3.63, 3.8) is 0 Å². The van der Waals surface area contributed by atoms with E-state index in [-0.39, 0.29) is 16.3 Å². The number of nitrogens with zero attached hydrogens (tertiary/aromatic N) is 1. The van der Waals surface area contributed by atoms with Gasteiger partial charge in [0.2, 0.25) is 0 Å². The third kappa shape index (κ3) is 6.15. The molecular formula is C26H26N2O5S. The van der Waals surface area contributed by atoms with Crippen LogP contribution in [0.2, 0.25) is 0 Å². The van der Waals surface area contributed by atoms with Gasteiger partial charge in [0.15, 0.2) is 6.10 Å². The Balaban J connectivity index is 2.03. The molecule has 0 aromatic heterocycles. The highest BCUT2D eigenvalue weighted by Crippen LogP contribution is 2.34. The van der Waals surface area contributed by atoms with Gasteiger partial charge >= 0.3 is 5.97 Å². The number of nitriles is 1. The summed E-state index contributed by atoms with van der Waals surface area (Å²) in [5.41, 5.74) is 2.22. The van der Waals surface area contributed by atoms with E-state index in [1.807, 2.05) is 6.92 Å². The number of esters is 1. The molecule has 0 heterocycles. The van der Waals surface area contributed by atoms with Gasteiger partial charge in [-0.15, -0.1) is 0 Å². The number of benzene rings is 3. The van der Waals surface area contributed by atoms with Gasteiger partial charge in [0.25, 0.3) is 10.0 Å². The largest absolute Gasteiger partial charge is 0.477 e. The van der Waals surface area contributed by atoms with Crippen molar-refractivity contribution in [2.24, 2.45) is 0 Å². The van der Waals surface area contributed by atoms with Crippen molar-refractivity contribution < 1.29 is 22.7 Å². The fourth-order valence-corrected chi connectivity index (χ4v) is 4.41. The summed E-state index contributed by atoms with van der Waals surface area (Å²) >= 11 is 0. The average molecular weight is 479 g/mol. The standard InChI is InChI=1S/C26H26N2O5S/c1-3-4-10-25(26(29)32-2)33-24-16-15-21(20-13-11-19(18-27)12-14-20)17-23(24)28-34(30,31)22-8-6-5-7-9-22/h5-9,11-17,25,28H,3-4,10H2,1-2H3. The molecule has 3 aromatic carbocycles. The first-order valence-corrected chi connectivity index (χ1v) is 12.3. The summed E-state index contributed by atoms with van der Waals surface area (Å²) in [4.78, 5) is 12.4. The normalized spacial score (nSPS) is 11.8. The molecule has 0 amide bonds. The Morgan fingerprint density at radius 1 is 1.03 bits per heavy atom. The fourth-order valence-electron chi connectivity index (χ4n) is 3.33. The maximum Gasteiger partial charge on any atom is 0.347 e. The molecule has 176 valence electrons. The van der Waals surface area contributed by atoms with Crippen LogP contribution in [-0.4, -0.2) is 27.6 Å². The van der Waals surface area contributed by atoms with Crippen LogP contribution in [0.5, 0.6) is 5.75 Å². The van der Waals surface area contributed by atoms with Crippen molar-refractivity contribution in [3.8, 4) is 22.9 Å². The lowest BCUT2D eigenvalue weighted by atomic mass is 10.0. The molecule has 3 aromatic rings. The smallest absolute Gasteiger partial charge is 0.347 e. The van der Waals surface area contributed by atoms with E-state index < -0.39 is 22.1 Å². The maximum atomic E-state index is 13.0. The summed E-state index contributed by atoms with van der Waals surface area (Å²) in [7, 11) is -2.62. The van der Waals surface area contributed by atoms with Crippen LogP contribution in [0, 0.1) is 11.3 Å². The summed E-state index contributed by atoms with van der Waals surface area (Å²) in [6.45, 7) is 2.00. The Morgan fingerprint density at radius 2 is 1.71 bits per heavy atom. The number of anilines is 1. The van der Waals surface area contributed by atoms with Crippen molar-refractivity contribution in [2.45, 2.75) is 37.2 Å². The highest BCUT2D eigenvalue weighted by molar-refractivity contribution is 7.92. The number of unbranched alkanes of at least 4 members (excludes halogenated alkanes) is 1. The van der Waals surface area contributed by atoms with E-state index in [9.17, 15) is 13.2 Å². The Labute approximate surface area is 200 Å². The van der Waals surface area contributed by atoms with Crippen LogP contribution in [0.25, 0.3) is 11.1 Å². The minimum Gasteiger partial charge on any atom is -0.477 e. The molecule has 0 aliphatic heterocycles. The van der Waals surface area contributed by atoms with Crippen molar-refractivity contribution in [3.05, 3.63) is 78.4 Å². The molecule has 3 rings (SSSR count). The lowest BCUT2D eigenvalue weighted by molar-refractivity contribution is -0.149. The van der Waals surface area contributed by atoms with E-state index in [2.05, 4.69) is 10.8 Å². The van der Waals surface area contributed by atoms with Gasteiger partial charge in [0.05, 0.1) is 29.3 Å². The first-order chi connectivity index (χ1) is 16.4. The van der Waals surface area contributed by atoms with Gasteiger partial charge in [-0.1, -0.05) is 49.7 Å². The van der Waals surface area contributed by atoms with Gasteiger partial charge in [-0.2, -0.15) is 5.26 Å². The number of carbonyl (C=O) groups is 1. The lowest BCUT2D eigenvalue weighted by Crippen LogP contribution is -2.29. The third-order valence-electron chi connectivity index (χ3n) is 5.18. The topological polar surface area (TPSA) is 105 Å². The second kappa shape index (κ2) is 11.3. The summed E-state index contributed by atoms with van der Waals surface area (Å²) in [6, 6.07) is 22.0. The number of sulfonamides is 1. The van der Waals surface area contributed by atoms with E-state index in [0.717, 1.165) is 18.4 Å². The van der Waals surface area contributed by atoms with Gasteiger partial charge in [0.1, 0.15) is 5.75 Å². The van der Waals surface area contributed by atoms with Crippen LogP contribution in [0.1, 0.15) is 31.7 Å². The highest BCUT2D eigenvalue weighted by Gasteiger charge is 2.24. The highest BCUT2D eigenvalue weighted by atomic mass is 32.2. The lowest BCUT2D eigenvalue weighted by Gasteiger charge is -2.20. The molecule has 0 saturated carbocycles. The first kappa shape index (κ1) is 24.8. The molecule has 34 heavy (non-hydrogen) atoms. The SMILES string of the molecule is CCCCC(Oc1ccc(-c2ccc(C#N)cc2)cc1NS(=O)(=O)c1ccccc1)C(=O)OC. The van der Waals surface area contributed by atoms with Crippen LogP contribution < -0.4 is 9.46 Å². The molecule has 0 aliphatic carbocycles. The molecule has 0 saturated heterocycles. The number of rotatable bonds is 10. The Hall–Kier alpha value is -3.83. The van der Waals surface area contributed by atoms with E-state index in [0.29, 0.717) is 17.5 Å². The van der Waals surface area contributed by atoms with E-state index in [1.165, 1.54) is 19.2 Å². The van der Waals surface area contributed by atoms with E-state index in [1.54, 1.807) is 60.7 Å². The number of nitrogens with one attached hydrogen (secondary N) is 1. The molecule has 0 spiro atoms. The first-order valence-electron chi connectivity index (χ1n) is 10.8. The molecule has 8 heteroatoms. The fraction of sp³-hybridized carbons (Fsp3) is 0.231. The molecule has 1 unspecified atom stereocenters. The predicted octanol–water partition coefficient (Wildman–Crippen LogP) is 5.14. The number of hydrogen-bond donors (Lipinski definition) is 1. The summed E-state index contributed by atoms with van der Waals surface area (Å²) in [5, 5.41) is 9.04. The molecule has 1 atom stereocenters. The maximum absolute atomic E-state index is 13.0. The zero-order chi connectivity index (χ0) is 24.6. The number of methoxy groups -OCH3 is 1. The van der Waals surface area contributed by atoms with E-state index >= 15 is 0 Å². The van der Waals surface area contributed by atoms with Crippen LogP contribution in [0.4, 0.5) is 5.69 Å². The van der Waals surface area contributed by atoms with E-state index in [4.69, 9.17) is 14.7 Å². The van der Waals surface area contributed by atoms with Crippen molar-refractivity contribution in [1.29, 1.82) is 5.26 Å². The zero-order valence-electron chi connectivity index (χ0n) is 19.0. The van der Waals surface area contributed by atoms with Crippen molar-refractivity contribution >= 4 is 21.7 Å². The quantitative estimate of drug-likeness (QED) is 0.405. The molecular weight excluding hydrogens is 452 g/mol. The summed E-state index contributed by atoms with van der Waals surface area (Å²) < 4.78 is 39.5. The molecule has 0 bridgehead atoms. The second-order valence-corrected chi connectivity index (χ2v) is 9.27. The number of hydrogen-bond acceptors (Lipinski definition) is 6. The van der Waals surface area contributed by atoms with Crippen molar-refractivity contribution in [2.75, 3.05) is 11.8 Å². The van der Waals surface area contributed by atoms with Crippen LogP contribution in [0.15, 0.2) is 77.7 Å². The minimum absolute atomic E-state index is 0.0974. The van der Waals surface area contributed by atoms with Gasteiger partial charge < -0.3 is 9.47 Å². The zero-order valence-corrected chi connectivity index (χ0v) is 19.8. The average Bonchev–Trinajstić information content (AvgIpc) is 2.87. The minimum atomic E-state index is -3.91. The summed E-state index contributed by atoms with van der Waals surface area (Å²) in [6.07, 6.45) is 1.17. The Morgan fingerprint density at radius 3 is 2.32 bits per heavy atom. The van der Waals surface area contributed by atoms with Crippen molar-refractivity contribution in [1.82, 2.24) is 0 Å². The second-order valence-electron chi connectivity index (χ2n) is 7.59. The predicted molar refractivity (Wildman–Crippen MR) is 130 cm³/mol. The summed E-state index contributed by atoms with van der Waals surface area (Å²) in [5.74, 6) is -0.315. The number of carbonyl (C=O) groups excluding carboxylic acids is 1. The van der Waals surface area contributed by atoms with Crippen LogP contribution in [-0.2, 0) is 19.6 Å².